The molecular weight excluding hydrogens is 340 g/mol. The largest absolute Gasteiger partial charge is 0.493 e. The standard InChI is InChI=1S/C20H21F2NO3/c21-20(22)26-18-8-4-5-16(13-18)19(24)23-11-9-15(10-12-23)14-25-17-6-2-1-3-7-17/h1-8,13,15,20H,9-12,14H2. The van der Waals surface area contributed by atoms with E-state index in [2.05, 4.69) is 4.74 Å². The van der Waals surface area contributed by atoms with Crippen LogP contribution in [0.15, 0.2) is 54.6 Å². The van der Waals surface area contributed by atoms with Crippen molar-refractivity contribution in [3.05, 3.63) is 60.2 Å². The van der Waals surface area contributed by atoms with Gasteiger partial charge in [0.05, 0.1) is 6.61 Å². The second-order valence-electron chi connectivity index (χ2n) is 6.27. The van der Waals surface area contributed by atoms with Crippen molar-refractivity contribution in [2.75, 3.05) is 19.7 Å². The van der Waals surface area contributed by atoms with Crippen LogP contribution in [0.25, 0.3) is 0 Å². The molecule has 1 amide bonds. The van der Waals surface area contributed by atoms with Gasteiger partial charge in [0, 0.05) is 18.7 Å². The van der Waals surface area contributed by atoms with Gasteiger partial charge in [0.25, 0.3) is 5.91 Å². The van der Waals surface area contributed by atoms with Crippen LogP contribution >= 0.6 is 0 Å². The third-order valence-corrected chi connectivity index (χ3v) is 4.44. The number of piperidine rings is 1. The lowest BCUT2D eigenvalue weighted by molar-refractivity contribution is -0.0499. The fourth-order valence-electron chi connectivity index (χ4n) is 3.02. The first-order valence-electron chi connectivity index (χ1n) is 8.64. The summed E-state index contributed by atoms with van der Waals surface area (Å²) in [7, 11) is 0. The zero-order valence-corrected chi connectivity index (χ0v) is 14.3. The first-order chi connectivity index (χ1) is 12.6. The fraction of sp³-hybridized carbons (Fsp3) is 0.350. The average molecular weight is 361 g/mol. The Morgan fingerprint density at radius 1 is 1.04 bits per heavy atom. The topological polar surface area (TPSA) is 38.8 Å². The highest BCUT2D eigenvalue weighted by atomic mass is 19.3. The summed E-state index contributed by atoms with van der Waals surface area (Å²) in [5.74, 6) is 1.08. The zero-order valence-electron chi connectivity index (χ0n) is 14.3. The van der Waals surface area contributed by atoms with Gasteiger partial charge >= 0.3 is 6.61 Å². The molecule has 0 bridgehead atoms. The molecule has 0 N–H and O–H groups in total. The van der Waals surface area contributed by atoms with Crippen LogP contribution in [0.4, 0.5) is 8.78 Å². The first-order valence-corrected chi connectivity index (χ1v) is 8.64. The normalized spacial score (nSPS) is 15.1. The molecule has 0 atom stereocenters. The van der Waals surface area contributed by atoms with Crippen LogP contribution < -0.4 is 9.47 Å². The molecule has 0 radical (unpaired) electrons. The Balaban J connectivity index is 1.50. The summed E-state index contributed by atoms with van der Waals surface area (Å²) in [5, 5.41) is 0. The van der Waals surface area contributed by atoms with Gasteiger partial charge in [-0.05, 0) is 49.1 Å². The van der Waals surface area contributed by atoms with Crippen molar-refractivity contribution in [3.8, 4) is 11.5 Å². The number of ether oxygens (including phenoxy) is 2. The first kappa shape index (κ1) is 18.2. The summed E-state index contributed by atoms with van der Waals surface area (Å²) >= 11 is 0. The summed E-state index contributed by atoms with van der Waals surface area (Å²) in [6.07, 6.45) is 1.71. The average Bonchev–Trinajstić information content (AvgIpc) is 2.67. The summed E-state index contributed by atoms with van der Waals surface area (Å²) in [5.41, 5.74) is 0.363. The van der Waals surface area contributed by atoms with E-state index in [4.69, 9.17) is 4.74 Å². The van der Waals surface area contributed by atoms with Crippen molar-refractivity contribution >= 4 is 5.91 Å². The molecule has 2 aromatic rings. The van der Waals surface area contributed by atoms with E-state index in [1.807, 2.05) is 30.3 Å². The summed E-state index contributed by atoms with van der Waals surface area (Å²) < 4.78 is 34.8. The van der Waals surface area contributed by atoms with E-state index in [1.54, 1.807) is 17.0 Å². The zero-order chi connectivity index (χ0) is 18.4. The Bertz CT molecular complexity index is 716. The lowest BCUT2D eigenvalue weighted by Crippen LogP contribution is -2.39. The molecule has 0 aliphatic carbocycles. The van der Waals surface area contributed by atoms with Gasteiger partial charge in [-0.3, -0.25) is 4.79 Å². The van der Waals surface area contributed by atoms with Crippen LogP contribution in [-0.2, 0) is 0 Å². The third-order valence-electron chi connectivity index (χ3n) is 4.44. The number of alkyl halides is 2. The highest BCUT2D eigenvalue weighted by Crippen LogP contribution is 2.22. The van der Waals surface area contributed by atoms with E-state index >= 15 is 0 Å². The second kappa shape index (κ2) is 8.65. The molecule has 0 aromatic heterocycles. The molecule has 0 unspecified atom stereocenters. The molecule has 138 valence electrons. The van der Waals surface area contributed by atoms with Crippen molar-refractivity contribution < 1.29 is 23.0 Å². The van der Waals surface area contributed by atoms with E-state index < -0.39 is 6.61 Å². The Morgan fingerprint density at radius 2 is 1.73 bits per heavy atom. The number of amides is 1. The predicted octanol–water partition coefficient (Wildman–Crippen LogP) is 4.22. The van der Waals surface area contributed by atoms with E-state index in [0.29, 0.717) is 31.2 Å². The lowest BCUT2D eigenvalue weighted by Gasteiger charge is -2.32. The number of para-hydroxylation sites is 1. The summed E-state index contributed by atoms with van der Waals surface area (Å²) in [6.45, 7) is -1.02. The SMILES string of the molecule is O=C(c1cccc(OC(F)F)c1)N1CCC(COc2ccccc2)CC1. The summed E-state index contributed by atoms with van der Waals surface area (Å²) in [4.78, 5) is 14.3. The molecule has 1 aliphatic heterocycles. The molecule has 1 heterocycles. The van der Waals surface area contributed by atoms with Crippen LogP contribution in [0.2, 0.25) is 0 Å². The molecular formula is C20H21F2NO3. The van der Waals surface area contributed by atoms with Crippen LogP contribution in [0, 0.1) is 5.92 Å². The van der Waals surface area contributed by atoms with Crippen LogP contribution in [0.3, 0.4) is 0 Å². The van der Waals surface area contributed by atoms with Crippen LogP contribution in [0.5, 0.6) is 11.5 Å². The third kappa shape index (κ3) is 4.94. The van der Waals surface area contributed by atoms with Gasteiger partial charge in [-0.25, -0.2) is 0 Å². The van der Waals surface area contributed by atoms with E-state index in [9.17, 15) is 13.6 Å². The number of hydrogen-bond donors (Lipinski definition) is 0. The smallest absolute Gasteiger partial charge is 0.387 e. The van der Waals surface area contributed by atoms with Crippen LogP contribution in [-0.4, -0.2) is 37.1 Å². The van der Waals surface area contributed by atoms with Crippen molar-refractivity contribution in [2.45, 2.75) is 19.5 Å². The number of carbonyl (C=O) groups excluding carboxylic acids is 1. The van der Waals surface area contributed by atoms with Gasteiger partial charge in [-0.15, -0.1) is 0 Å². The van der Waals surface area contributed by atoms with Gasteiger partial charge < -0.3 is 14.4 Å². The second-order valence-corrected chi connectivity index (χ2v) is 6.27. The van der Waals surface area contributed by atoms with Crippen molar-refractivity contribution in [1.29, 1.82) is 0 Å². The van der Waals surface area contributed by atoms with Gasteiger partial charge in [-0.1, -0.05) is 24.3 Å². The van der Waals surface area contributed by atoms with Gasteiger partial charge in [0.1, 0.15) is 11.5 Å². The highest BCUT2D eigenvalue weighted by Gasteiger charge is 2.24. The maximum Gasteiger partial charge on any atom is 0.387 e. The molecule has 0 spiro atoms. The molecule has 2 aromatic carbocycles. The number of rotatable bonds is 6. The number of benzene rings is 2. The molecule has 1 aliphatic rings. The minimum Gasteiger partial charge on any atom is -0.493 e. The summed E-state index contributed by atoms with van der Waals surface area (Å²) in [6, 6.07) is 15.6. The molecule has 6 heteroatoms. The highest BCUT2D eigenvalue weighted by molar-refractivity contribution is 5.94. The van der Waals surface area contributed by atoms with Crippen molar-refractivity contribution in [2.24, 2.45) is 5.92 Å². The quantitative estimate of drug-likeness (QED) is 0.773. The monoisotopic (exact) mass is 361 g/mol. The Kier molecular flexibility index (Phi) is 6.04. The molecule has 0 saturated carbocycles. The Hall–Kier alpha value is -2.63. The molecule has 26 heavy (non-hydrogen) atoms. The minimum absolute atomic E-state index is 0.00278. The number of likely N-dealkylation sites (tertiary alicyclic amines) is 1. The minimum atomic E-state index is -2.90. The number of hydrogen-bond acceptors (Lipinski definition) is 3. The predicted molar refractivity (Wildman–Crippen MR) is 93.6 cm³/mol. The Morgan fingerprint density at radius 3 is 2.42 bits per heavy atom. The van der Waals surface area contributed by atoms with E-state index in [-0.39, 0.29) is 11.7 Å². The lowest BCUT2D eigenvalue weighted by atomic mass is 9.97. The maximum absolute atomic E-state index is 12.6. The molecule has 4 nitrogen and oxygen atoms in total. The van der Waals surface area contributed by atoms with Crippen molar-refractivity contribution in [1.82, 2.24) is 4.90 Å². The van der Waals surface area contributed by atoms with E-state index in [1.165, 1.54) is 12.1 Å². The van der Waals surface area contributed by atoms with Crippen LogP contribution in [0.1, 0.15) is 23.2 Å². The van der Waals surface area contributed by atoms with Crippen molar-refractivity contribution in [3.63, 3.8) is 0 Å². The molecule has 3 rings (SSSR count). The fourth-order valence-corrected chi connectivity index (χ4v) is 3.02. The Labute approximate surface area is 151 Å². The number of halogens is 2. The molecule has 1 fully saturated rings. The molecule has 1 saturated heterocycles. The maximum atomic E-state index is 12.6. The number of carbonyl (C=O) groups is 1. The van der Waals surface area contributed by atoms with Gasteiger partial charge in [-0.2, -0.15) is 8.78 Å². The van der Waals surface area contributed by atoms with E-state index in [0.717, 1.165) is 18.6 Å². The number of nitrogens with zero attached hydrogens (tertiary/aromatic N) is 1. The van der Waals surface area contributed by atoms with Gasteiger partial charge in [0.15, 0.2) is 0 Å². The van der Waals surface area contributed by atoms with Gasteiger partial charge in [0.2, 0.25) is 0 Å².